The Kier molecular flexibility index (Phi) is 10.3. The molecule has 1 N–H and O–H groups in total. The summed E-state index contributed by atoms with van der Waals surface area (Å²) in [6, 6.07) is 0. The highest BCUT2D eigenvalue weighted by Gasteiger charge is 2.63. The normalized spacial score (nSPS) is 47.8. The molecule has 46 heavy (non-hydrogen) atoms. The van der Waals surface area contributed by atoms with Crippen molar-refractivity contribution in [1.29, 1.82) is 0 Å². The number of ether oxygens (including phenoxy) is 7. The molecule has 258 valence electrons. The molecule has 3 heterocycles. The number of aliphatic hydroxyl groups is 1. The summed E-state index contributed by atoms with van der Waals surface area (Å²) in [7, 11) is 4.87. The molecule has 0 radical (unpaired) electrons. The van der Waals surface area contributed by atoms with Crippen LogP contribution in [0.5, 0.6) is 0 Å². The first-order valence-electron chi connectivity index (χ1n) is 17.3. The van der Waals surface area contributed by atoms with Crippen LogP contribution >= 0.6 is 0 Å². The number of methoxy groups -OCH3 is 3. The van der Waals surface area contributed by atoms with E-state index in [1.165, 1.54) is 0 Å². The lowest BCUT2D eigenvalue weighted by molar-refractivity contribution is -0.314. The lowest BCUT2D eigenvalue weighted by Gasteiger charge is -2.45. The Bertz CT molecular complexity index is 1170. The van der Waals surface area contributed by atoms with Crippen molar-refractivity contribution < 1.29 is 52.6 Å². The van der Waals surface area contributed by atoms with Crippen LogP contribution in [0.3, 0.4) is 0 Å². The molecule has 11 nitrogen and oxygen atoms in total. The van der Waals surface area contributed by atoms with Crippen LogP contribution < -0.4 is 0 Å². The molecular formula is C35H52O11. The van der Waals surface area contributed by atoms with Gasteiger partial charge in [0.1, 0.15) is 30.5 Å². The molecule has 2 unspecified atom stereocenters. The molecule has 6 rings (SSSR count). The average molecular weight is 649 g/mol. The maximum absolute atomic E-state index is 14.0. The summed E-state index contributed by atoms with van der Waals surface area (Å²) in [6.07, 6.45) is 2.62. The molecule has 0 spiro atoms. The first-order chi connectivity index (χ1) is 22.1. The second kappa shape index (κ2) is 13.9. The van der Waals surface area contributed by atoms with E-state index in [4.69, 9.17) is 33.2 Å². The van der Waals surface area contributed by atoms with Crippen LogP contribution in [0.1, 0.15) is 72.1 Å². The van der Waals surface area contributed by atoms with Crippen LogP contribution in [0.2, 0.25) is 0 Å². The van der Waals surface area contributed by atoms with E-state index in [1.54, 1.807) is 28.3 Å². The minimum Gasteiger partial charge on any atom is -0.462 e. The van der Waals surface area contributed by atoms with Crippen molar-refractivity contribution in [3.8, 4) is 0 Å². The first kappa shape index (κ1) is 34.0. The van der Waals surface area contributed by atoms with Gasteiger partial charge in [0.25, 0.3) is 0 Å². The minimum atomic E-state index is -0.779. The van der Waals surface area contributed by atoms with Gasteiger partial charge >= 0.3 is 11.9 Å². The number of Topliss-reactive ketones (excluding diaryl/α,β-unsaturated/α-hetero) is 1. The van der Waals surface area contributed by atoms with E-state index in [0.29, 0.717) is 44.1 Å². The molecule has 16 atom stereocenters. The Balaban J connectivity index is 1.29. The number of aliphatic hydroxyl groups excluding tert-OH is 1. The maximum atomic E-state index is 14.0. The first-order valence-corrected chi connectivity index (χ1v) is 17.3. The average Bonchev–Trinajstić information content (AvgIpc) is 3.73. The van der Waals surface area contributed by atoms with Gasteiger partial charge in [0.2, 0.25) is 0 Å². The van der Waals surface area contributed by atoms with E-state index in [-0.39, 0.29) is 84.3 Å². The zero-order valence-corrected chi connectivity index (χ0v) is 28.0. The number of carbonyl (C=O) groups excluding carboxylic acids is 3. The zero-order chi connectivity index (χ0) is 32.9. The second-order valence-electron chi connectivity index (χ2n) is 14.4. The van der Waals surface area contributed by atoms with Gasteiger partial charge in [0.15, 0.2) is 12.1 Å². The van der Waals surface area contributed by atoms with Crippen LogP contribution in [0, 0.1) is 41.4 Å². The molecule has 0 aromatic carbocycles. The highest BCUT2D eigenvalue weighted by Crippen LogP contribution is 2.61. The minimum absolute atomic E-state index is 0.0342. The number of fused-ring (bicyclic) bond motifs is 8. The van der Waals surface area contributed by atoms with Crippen molar-refractivity contribution in [1.82, 2.24) is 0 Å². The summed E-state index contributed by atoms with van der Waals surface area (Å²) in [6.45, 7) is 5.71. The molecule has 0 aromatic heterocycles. The third-order valence-electron chi connectivity index (χ3n) is 12.1. The standard InChI is InChI=1S/C35H52O11/c1-7-18-9-8-10-26(36)16(2)30(39)24-13-22-20-11-19(45-35-34(42-6)33(41-5)31(40-4)17(3)43-35)12-21(20)25-15-28(38)46-32(25)29(22)23(24)14-27(37)44-18/h13,16-23,25-26,29,31-36H,7-12,14-15H2,1-6H3/t16-,17+,18+,19+,20-,21-,22+,23-,25?,26+,29-,31+,32?,33-,34-,35+/m1/s1. The van der Waals surface area contributed by atoms with Gasteiger partial charge in [-0.15, -0.1) is 0 Å². The number of allylic oxidation sites excluding steroid dienone is 2. The topological polar surface area (TPSA) is 136 Å². The summed E-state index contributed by atoms with van der Waals surface area (Å²) >= 11 is 0. The van der Waals surface area contributed by atoms with Gasteiger partial charge in [-0.2, -0.15) is 0 Å². The Labute approximate surface area is 271 Å². The van der Waals surface area contributed by atoms with Crippen molar-refractivity contribution >= 4 is 17.7 Å². The molecule has 3 aliphatic carbocycles. The SMILES string of the molecule is CC[C@H]1CCC[C@H](O)[C@@H](C)C(=O)C2=C[C@H]3[C@@H]4C[C@H](O[C@@H]5O[C@@H](C)[C@H](OC)[C@@H](OC)[C@H]5OC)C[C@H]4C4CC(=O)OC4[C@H]3[C@@H]2CC(=O)O1. The lowest BCUT2D eigenvalue weighted by atomic mass is 9.60. The van der Waals surface area contributed by atoms with E-state index in [2.05, 4.69) is 6.08 Å². The summed E-state index contributed by atoms with van der Waals surface area (Å²) in [4.78, 5) is 40.3. The monoisotopic (exact) mass is 648 g/mol. The molecule has 11 heteroatoms. The molecule has 6 aliphatic rings. The maximum Gasteiger partial charge on any atom is 0.306 e. The van der Waals surface area contributed by atoms with E-state index in [0.717, 1.165) is 6.42 Å². The fourth-order valence-electron chi connectivity index (χ4n) is 9.86. The van der Waals surface area contributed by atoms with Crippen LogP contribution in [0.4, 0.5) is 0 Å². The molecule has 0 bridgehead atoms. The number of rotatable bonds is 6. The summed E-state index contributed by atoms with van der Waals surface area (Å²) in [5.41, 5.74) is 0.580. The van der Waals surface area contributed by atoms with Crippen LogP contribution in [0.25, 0.3) is 0 Å². The van der Waals surface area contributed by atoms with E-state index >= 15 is 0 Å². The Morgan fingerprint density at radius 1 is 0.870 bits per heavy atom. The van der Waals surface area contributed by atoms with E-state index in [1.807, 2.05) is 13.8 Å². The zero-order valence-electron chi connectivity index (χ0n) is 28.0. The second-order valence-corrected chi connectivity index (χ2v) is 14.4. The predicted molar refractivity (Wildman–Crippen MR) is 163 cm³/mol. The quantitative estimate of drug-likeness (QED) is 0.425. The highest BCUT2D eigenvalue weighted by atomic mass is 16.7. The van der Waals surface area contributed by atoms with Crippen LogP contribution in [-0.4, -0.2) is 99.3 Å². The summed E-state index contributed by atoms with van der Waals surface area (Å²) in [5, 5.41) is 11.0. The number of esters is 2. The number of hydrogen-bond donors (Lipinski definition) is 1. The summed E-state index contributed by atoms with van der Waals surface area (Å²) in [5.74, 6) is -1.77. The molecule has 3 saturated heterocycles. The van der Waals surface area contributed by atoms with E-state index < -0.39 is 36.4 Å². The van der Waals surface area contributed by atoms with Crippen LogP contribution in [-0.2, 0) is 47.5 Å². The van der Waals surface area contributed by atoms with Crippen molar-refractivity contribution in [2.24, 2.45) is 41.4 Å². The third-order valence-corrected chi connectivity index (χ3v) is 12.1. The van der Waals surface area contributed by atoms with Crippen LogP contribution in [0.15, 0.2) is 11.6 Å². The lowest BCUT2D eigenvalue weighted by Crippen LogP contribution is -2.59. The molecular weight excluding hydrogens is 596 g/mol. The number of carbonyl (C=O) groups is 3. The summed E-state index contributed by atoms with van der Waals surface area (Å²) < 4.78 is 42.2. The largest absolute Gasteiger partial charge is 0.462 e. The molecule has 0 aromatic rings. The number of hydrogen-bond acceptors (Lipinski definition) is 11. The Hall–Kier alpha value is -1.89. The van der Waals surface area contributed by atoms with Gasteiger partial charge in [0, 0.05) is 45.0 Å². The van der Waals surface area contributed by atoms with Crippen molar-refractivity contribution in [2.45, 2.75) is 127 Å². The molecule has 3 aliphatic heterocycles. The fraction of sp³-hybridized carbons (Fsp3) is 0.857. The van der Waals surface area contributed by atoms with Crippen molar-refractivity contribution in [3.05, 3.63) is 11.6 Å². The predicted octanol–water partition coefficient (Wildman–Crippen LogP) is 3.38. The van der Waals surface area contributed by atoms with Gasteiger partial charge in [-0.1, -0.05) is 19.9 Å². The van der Waals surface area contributed by atoms with Gasteiger partial charge in [-0.05, 0) is 68.8 Å². The van der Waals surface area contributed by atoms with E-state index in [9.17, 15) is 19.5 Å². The van der Waals surface area contributed by atoms with Gasteiger partial charge in [-0.3, -0.25) is 14.4 Å². The highest BCUT2D eigenvalue weighted by molar-refractivity contribution is 5.99. The van der Waals surface area contributed by atoms with Crippen molar-refractivity contribution in [3.63, 3.8) is 0 Å². The third kappa shape index (κ3) is 6.09. The fourth-order valence-corrected chi connectivity index (χ4v) is 9.86. The number of cyclic esters (lactones) is 1. The molecule has 5 fully saturated rings. The number of ketones is 1. The molecule has 0 amide bonds. The molecule has 2 saturated carbocycles. The van der Waals surface area contributed by atoms with Gasteiger partial charge in [-0.25, -0.2) is 0 Å². The smallest absolute Gasteiger partial charge is 0.306 e. The Morgan fingerprint density at radius 3 is 2.26 bits per heavy atom. The van der Waals surface area contributed by atoms with Gasteiger partial charge in [0.05, 0.1) is 31.2 Å². The Morgan fingerprint density at radius 2 is 1.57 bits per heavy atom. The van der Waals surface area contributed by atoms with Gasteiger partial charge < -0.3 is 38.3 Å². The van der Waals surface area contributed by atoms with Crippen molar-refractivity contribution in [2.75, 3.05) is 21.3 Å².